The molecule has 0 bridgehead atoms. The number of aliphatic carboxylic acids is 1. The molecule has 3 amide bonds. The van der Waals surface area contributed by atoms with Crippen molar-refractivity contribution in [2.45, 2.75) is 18.9 Å². The lowest BCUT2D eigenvalue weighted by Crippen LogP contribution is -2.47. The highest BCUT2D eigenvalue weighted by atomic mass is 16.5. The lowest BCUT2D eigenvalue weighted by molar-refractivity contribution is -0.139. The summed E-state index contributed by atoms with van der Waals surface area (Å²) >= 11 is 0. The maximum atomic E-state index is 11.6. The van der Waals surface area contributed by atoms with E-state index >= 15 is 0 Å². The Morgan fingerprint density at radius 2 is 2.06 bits per heavy atom. The molecule has 4 N–H and O–H groups in total. The van der Waals surface area contributed by atoms with Crippen LogP contribution in [0.5, 0.6) is 0 Å². The summed E-state index contributed by atoms with van der Waals surface area (Å²) in [4.78, 5) is 34.3. The van der Waals surface area contributed by atoms with Crippen LogP contribution in [-0.2, 0) is 14.3 Å². The lowest BCUT2D eigenvalue weighted by Gasteiger charge is -2.20. The summed E-state index contributed by atoms with van der Waals surface area (Å²) in [6.07, 6.45) is -0.131. The quantitative estimate of drug-likeness (QED) is 0.517. The molecule has 1 unspecified atom stereocenters. The minimum Gasteiger partial charge on any atom is -0.480 e. The topological polar surface area (TPSA) is 122 Å². The van der Waals surface area contributed by atoms with Crippen LogP contribution in [0.4, 0.5) is 4.79 Å². The molecule has 8 heteroatoms. The fourth-order valence-electron chi connectivity index (χ4n) is 1.13. The van der Waals surface area contributed by atoms with Crippen LogP contribution in [0.3, 0.4) is 0 Å². The molecule has 0 aromatic heterocycles. The number of methoxy groups -OCH3 is 1. The third-order valence-electron chi connectivity index (χ3n) is 2.25. The van der Waals surface area contributed by atoms with E-state index in [0.29, 0.717) is 13.2 Å². The number of ether oxygens (including phenoxy) is 1. The highest BCUT2D eigenvalue weighted by molar-refractivity contribution is 5.83. The van der Waals surface area contributed by atoms with Gasteiger partial charge in [-0.3, -0.25) is 4.79 Å². The zero-order chi connectivity index (χ0) is 14.1. The van der Waals surface area contributed by atoms with Crippen molar-refractivity contribution in [3.8, 4) is 0 Å². The molecule has 104 valence electrons. The van der Waals surface area contributed by atoms with Gasteiger partial charge in [0.15, 0.2) is 0 Å². The Hall–Kier alpha value is -1.83. The average molecular weight is 261 g/mol. The van der Waals surface area contributed by atoms with E-state index in [2.05, 4.69) is 5.32 Å². The largest absolute Gasteiger partial charge is 0.480 e. The standard InChI is InChI=1S/C10H19N3O5/c1-13(5-6-18-2)10(17)12-7(9(15)16)3-4-8(11)14/h7H,3-6H2,1-2H3,(H2,11,14)(H,12,17)(H,15,16). The van der Waals surface area contributed by atoms with E-state index in [-0.39, 0.29) is 12.8 Å². The number of carboxylic acid groups (broad SMARTS) is 1. The van der Waals surface area contributed by atoms with Crippen LogP contribution in [0.25, 0.3) is 0 Å². The molecule has 0 aliphatic heterocycles. The minimum atomic E-state index is -1.20. The number of amides is 3. The van der Waals surface area contributed by atoms with Crippen LogP contribution in [0.2, 0.25) is 0 Å². The third-order valence-corrected chi connectivity index (χ3v) is 2.25. The van der Waals surface area contributed by atoms with Crippen molar-refractivity contribution in [1.82, 2.24) is 10.2 Å². The summed E-state index contributed by atoms with van der Waals surface area (Å²) in [6.45, 7) is 0.688. The van der Waals surface area contributed by atoms with Gasteiger partial charge in [0, 0.05) is 27.1 Å². The zero-order valence-corrected chi connectivity index (χ0v) is 10.5. The van der Waals surface area contributed by atoms with Gasteiger partial charge in [-0.25, -0.2) is 9.59 Å². The summed E-state index contributed by atoms with van der Waals surface area (Å²) in [7, 11) is 3.01. The number of nitrogens with two attached hydrogens (primary N) is 1. The summed E-state index contributed by atoms with van der Waals surface area (Å²) in [5, 5.41) is 11.2. The second-order valence-electron chi connectivity index (χ2n) is 3.76. The van der Waals surface area contributed by atoms with Crippen molar-refractivity contribution in [2.75, 3.05) is 27.3 Å². The van der Waals surface area contributed by atoms with E-state index in [9.17, 15) is 14.4 Å². The van der Waals surface area contributed by atoms with E-state index in [4.69, 9.17) is 15.6 Å². The number of carbonyl (C=O) groups excluding carboxylic acids is 2. The first-order chi connectivity index (χ1) is 8.38. The SMILES string of the molecule is COCCN(C)C(=O)NC(CCC(N)=O)C(=O)O. The fraction of sp³-hybridized carbons (Fsp3) is 0.700. The highest BCUT2D eigenvalue weighted by Gasteiger charge is 2.21. The first-order valence-electron chi connectivity index (χ1n) is 5.40. The zero-order valence-electron chi connectivity index (χ0n) is 10.5. The van der Waals surface area contributed by atoms with Crippen molar-refractivity contribution < 1.29 is 24.2 Å². The molecule has 0 aliphatic carbocycles. The van der Waals surface area contributed by atoms with Gasteiger partial charge >= 0.3 is 12.0 Å². The molecule has 0 heterocycles. The number of hydrogen-bond acceptors (Lipinski definition) is 4. The van der Waals surface area contributed by atoms with Crippen LogP contribution in [0, 0.1) is 0 Å². The van der Waals surface area contributed by atoms with Crippen LogP contribution in [0.15, 0.2) is 0 Å². The predicted octanol–water partition coefficient (Wildman–Crippen LogP) is -1.01. The molecule has 8 nitrogen and oxygen atoms in total. The van der Waals surface area contributed by atoms with E-state index < -0.39 is 23.9 Å². The Kier molecular flexibility index (Phi) is 7.45. The molecule has 0 saturated heterocycles. The molecule has 18 heavy (non-hydrogen) atoms. The summed E-state index contributed by atoms with van der Waals surface area (Å²) in [5.41, 5.74) is 4.93. The maximum absolute atomic E-state index is 11.6. The van der Waals surface area contributed by atoms with E-state index in [1.165, 1.54) is 19.1 Å². The van der Waals surface area contributed by atoms with Gasteiger partial charge < -0.3 is 25.8 Å². The number of nitrogens with one attached hydrogen (secondary N) is 1. The smallest absolute Gasteiger partial charge is 0.326 e. The van der Waals surface area contributed by atoms with Crippen LogP contribution >= 0.6 is 0 Å². The molecule has 0 aromatic rings. The highest BCUT2D eigenvalue weighted by Crippen LogP contribution is 1.98. The van der Waals surface area contributed by atoms with Gasteiger partial charge in [-0.15, -0.1) is 0 Å². The number of likely N-dealkylation sites (N-methyl/N-ethyl adjacent to an activating group) is 1. The molecule has 0 saturated carbocycles. The van der Waals surface area contributed by atoms with Crippen molar-refractivity contribution in [3.05, 3.63) is 0 Å². The number of rotatable bonds is 8. The molecule has 0 rings (SSSR count). The molecular weight excluding hydrogens is 242 g/mol. The molecule has 0 spiro atoms. The minimum absolute atomic E-state index is 0.0332. The average Bonchev–Trinajstić information content (AvgIpc) is 2.30. The van der Waals surface area contributed by atoms with Gasteiger partial charge in [-0.05, 0) is 6.42 Å². The van der Waals surface area contributed by atoms with Gasteiger partial charge in [0.05, 0.1) is 6.61 Å². The Morgan fingerprint density at radius 3 is 2.50 bits per heavy atom. The van der Waals surface area contributed by atoms with Gasteiger partial charge in [-0.2, -0.15) is 0 Å². The van der Waals surface area contributed by atoms with Crippen LogP contribution in [-0.4, -0.2) is 61.3 Å². The number of nitrogens with zero attached hydrogens (tertiary/aromatic N) is 1. The van der Waals surface area contributed by atoms with Gasteiger partial charge in [0.2, 0.25) is 5.91 Å². The van der Waals surface area contributed by atoms with Gasteiger partial charge in [0.25, 0.3) is 0 Å². The van der Waals surface area contributed by atoms with Crippen molar-refractivity contribution in [3.63, 3.8) is 0 Å². The molecule has 0 aliphatic rings. The Balaban J connectivity index is 4.26. The maximum Gasteiger partial charge on any atom is 0.326 e. The fourth-order valence-corrected chi connectivity index (χ4v) is 1.13. The number of carbonyl (C=O) groups is 3. The van der Waals surface area contributed by atoms with E-state index in [1.54, 1.807) is 0 Å². The second-order valence-corrected chi connectivity index (χ2v) is 3.76. The Morgan fingerprint density at radius 1 is 1.44 bits per heavy atom. The molecule has 1 atom stereocenters. The van der Waals surface area contributed by atoms with E-state index in [0.717, 1.165) is 0 Å². The number of urea groups is 1. The molecular formula is C10H19N3O5. The van der Waals surface area contributed by atoms with Gasteiger partial charge in [-0.1, -0.05) is 0 Å². The Labute approximate surface area is 105 Å². The van der Waals surface area contributed by atoms with Crippen LogP contribution < -0.4 is 11.1 Å². The van der Waals surface area contributed by atoms with Crippen molar-refractivity contribution in [2.24, 2.45) is 5.73 Å². The van der Waals surface area contributed by atoms with Crippen molar-refractivity contribution >= 4 is 17.9 Å². The number of hydrogen-bond donors (Lipinski definition) is 3. The first kappa shape index (κ1) is 16.2. The molecule has 0 aromatic carbocycles. The summed E-state index contributed by atoms with van der Waals surface area (Å²) in [5.74, 6) is -1.81. The predicted molar refractivity (Wildman–Crippen MR) is 62.9 cm³/mol. The number of carboxylic acids is 1. The molecule has 0 fully saturated rings. The molecule has 0 radical (unpaired) electrons. The lowest BCUT2D eigenvalue weighted by atomic mass is 10.1. The van der Waals surface area contributed by atoms with E-state index in [1.807, 2.05) is 0 Å². The normalized spacial score (nSPS) is 11.7. The first-order valence-corrected chi connectivity index (χ1v) is 5.40. The third kappa shape index (κ3) is 6.69. The van der Waals surface area contributed by atoms with Crippen molar-refractivity contribution in [1.29, 1.82) is 0 Å². The van der Waals surface area contributed by atoms with Crippen LogP contribution in [0.1, 0.15) is 12.8 Å². The Bertz CT molecular complexity index is 308. The summed E-state index contributed by atoms with van der Waals surface area (Å²) < 4.78 is 4.79. The summed E-state index contributed by atoms with van der Waals surface area (Å²) in [6, 6.07) is -1.67. The number of primary amides is 1. The monoisotopic (exact) mass is 261 g/mol. The van der Waals surface area contributed by atoms with Gasteiger partial charge in [0.1, 0.15) is 6.04 Å². The second kappa shape index (κ2) is 8.29.